The molecule has 108 valence electrons. The van der Waals surface area contributed by atoms with Crippen LogP contribution in [0.15, 0.2) is 4.79 Å². The molecule has 1 aromatic heterocycles. The Balaban J connectivity index is 2.01. The van der Waals surface area contributed by atoms with E-state index >= 15 is 0 Å². The standard InChI is InChI=1S/C13H17N3O3S/c1-9-10(2)20-13(18)15(9)4-3-12(17)16-5-6-19-8-11(16)7-14/h11H,3-6,8H2,1-2H3/t11-/m1/s1. The molecule has 1 saturated heterocycles. The number of morpholine rings is 1. The summed E-state index contributed by atoms with van der Waals surface area (Å²) in [5.41, 5.74) is 0.909. The van der Waals surface area contributed by atoms with Crippen LogP contribution in [0, 0.1) is 25.2 Å². The van der Waals surface area contributed by atoms with Gasteiger partial charge in [-0.05, 0) is 13.8 Å². The fourth-order valence-corrected chi connectivity index (χ4v) is 3.06. The number of ether oxygens (including phenoxy) is 1. The first kappa shape index (κ1) is 14.8. The van der Waals surface area contributed by atoms with Crippen molar-refractivity contribution in [1.82, 2.24) is 9.47 Å². The highest BCUT2D eigenvalue weighted by molar-refractivity contribution is 7.09. The second-order valence-corrected chi connectivity index (χ2v) is 5.88. The van der Waals surface area contributed by atoms with E-state index in [9.17, 15) is 9.59 Å². The summed E-state index contributed by atoms with van der Waals surface area (Å²) >= 11 is 1.20. The van der Waals surface area contributed by atoms with Crippen LogP contribution in [0.4, 0.5) is 0 Å². The lowest BCUT2D eigenvalue weighted by Gasteiger charge is -2.31. The van der Waals surface area contributed by atoms with Gasteiger partial charge >= 0.3 is 4.87 Å². The SMILES string of the molecule is Cc1sc(=O)n(CCC(=O)N2CCOC[C@H]2C#N)c1C. The highest BCUT2D eigenvalue weighted by Gasteiger charge is 2.26. The Kier molecular flexibility index (Phi) is 4.57. The molecule has 20 heavy (non-hydrogen) atoms. The number of carbonyl (C=O) groups excluding carboxylic acids is 1. The van der Waals surface area contributed by atoms with Crippen molar-refractivity contribution in [1.29, 1.82) is 5.26 Å². The third-order valence-electron chi connectivity index (χ3n) is 3.52. The van der Waals surface area contributed by atoms with E-state index in [4.69, 9.17) is 10.00 Å². The number of aryl methyl sites for hydroxylation is 1. The Morgan fingerprint density at radius 3 is 2.90 bits per heavy atom. The molecule has 0 spiro atoms. The summed E-state index contributed by atoms with van der Waals surface area (Å²) in [4.78, 5) is 26.4. The van der Waals surface area contributed by atoms with Crippen LogP contribution >= 0.6 is 11.3 Å². The molecule has 1 fully saturated rings. The second-order valence-electron chi connectivity index (χ2n) is 4.72. The average molecular weight is 295 g/mol. The largest absolute Gasteiger partial charge is 0.376 e. The Labute approximate surface area is 121 Å². The van der Waals surface area contributed by atoms with Gasteiger partial charge < -0.3 is 14.2 Å². The summed E-state index contributed by atoms with van der Waals surface area (Å²) in [7, 11) is 0. The third-order valence-corrected chi connectivity index (χ3v) is 4.52. The maximum atomic E-state index is 12.2. The molecule has 1 amide bonds. The number of amides is 1. The van der Waals surface area contributed by atoms with Crippen LogP contribution < -0.4 is 4.87 Å². The summed E-state index contributed by atoms with van der Waals surface area (Å²) in [6.45, 7) is 5.30. The summed E-state index contributed by atoms with van der Waals surface area (Å²) < 4.78 is 6.81. The van der Waals surface area contributed by atoms with Gasteiger partial charge in [-0.2, -0.15) is 5.26 Å². The summed E-state index contributed by atoms with van der Waals surface area (Å²) in [5.74, 6) is -0.102. The molecule has 0 aliphatic carbocycles. The highest BCUT2D eigenvalue weighted by atomic mass is 32.1. The van der Waals surface area contributed by atoms with Gasteiger partial charge in [0.05, 0.1) is 19.3 Å². The van der Waals surface area contributed by atoms with Crippen molar-refractivity contribution in [3.63, 3.8) is 0 Å². The van der Waals surface area contributed by atoms with E-state index in [0.717, 1.165) is 10.6 Å². The lowest BCUT2D eigenvalue weighted by molar-refractivity contribution is -0.137. The van der Waals surface area contributed by atoms with Crippen molar-refractivity contribution in [2.24, 2.45) is 0 Å². The molecule has 6 nitrogen and oxygen atoms in total. The molecule has 0 aromatic carbocycles. The number of rotatable bonds is 3. The molecule has 1 aliphatic heterocycles. The van der Waals surface area contributed by atoms with Crippen molar-refractivity contribution in [2.45, 2.75) is 32.9 Å². The van der Waals surface area contributed by atoms with Crippen LogP contribution in [0.1, 0.15) is 17.0 Å². The molecule has 1 atom stereocenters. The zero-order chi connectivity index (χ0) is 14.7. The zero-order valence-electron chi connectivity index (χ0n) is 11.6. The second kappa shape index (κ2) is 6.20. The molecular formula is C13H17N3O3S. The first-order valence-electron chi connectivity index (χ1n) is 6.48. The first-order chi connectivity index (χ1) is 9.54. The molecule has 2 rings (SSSR count). The number of nitrogens with zero attached hydrogens (tertiary/aromatic N) is 3. The van der Waals surface area contributed by atoms with Crippen molar-refractivity contribution < 1.29 is 9.53 Å². The Morgan fingerprint density at radius 2 is 2.30 bits per heavy atom. The molecule has 0 radical (unpaired) electrons. The van der Waals surface area contributed by atoms with E-state index in [2.05, 4.69) is 6.07 Å². The van der Waals surface area contributed by atoms with Crippen molar-refractivity contribution >= 4 is 17.2 Å². The Morgan fingerprint density at radius 1 is 1.55 bits per heavy atom. The van der Waals surface area contributed by atoms with E-state index in [-0.39, 0.29) is 23.8 Å². The highest BCUT2D eigenvalue weighted by Crippen LogP contribution is 2.12. The molecule has 0 unspecified atom stereocenters. The number of nitriles is 1. The predicted molar refractivity (Wildman–Crippen MR) is 74.6 cm³/mol. The Bertz CT molecular complexity index is 599. The zero-order valence-corrected chi connectivity index (χ0v) is 12.4. The summed E-state index contributed by atoms with van der Waals surface area (Å²) in [5, 5.41) is 9.01. The third kappa shape index (κ3) is 2.92. The lowest BCUT2D eigenvalue weighted by Crippen LogP contribution is -2.48. The van der Waals surface area contributed by atoms with Crippen molar-refractivity contribution in [3.05, 3.63) is 20.2 Å². The lowest BCUT2D eigenvalue weighted by atomic mass is 10.2. The van der Waals surface area contributed by atoms with Crippen LogP contribution in [-0.4, -0.2) is 41.2 Å². The van der Waals surface area contributed by atoms with E-state index in [0.29, 0.717) is 19.7 Å². The summed E-state index contributed by atoms with van der Waals surface area (Å²) in [6.07, 6.45) is 0.231. The van der Waals surface area contributed by atoms with E-state index in [1.165, 1.54) is 11.3 Å². The topological polar surface area (TPSA) is 75.3 Å². The van der Waals surface area contributed by atoms with Gasteiger partial charge in [0.1, 0.15) is 6.04 Å². The normalized spacial score (nSPS) is 18.9. The molecule has 7 heteroatoms. The van der Waals surface area contributed by atoms with Gasteiger partial charge in [0.15, 0.2) is 0 Å². The fraction of sp³-hybridized carbons (Fsp3) is 0.615. The van der Waals surface area contributed by atoms with Crippen LogP contribution in [0.25, 0.3) is 0 Å². The van der Waals surface area contributed by atoms with Gasteiger partial charge in [-0.15, -0.1) is 0 Å². The Hall–Kier alpha value is -1.65. The van der Waals surface area contributed by atoms with Gasteiger partial charge in [0.2, 0.25) is 5.91 Å². The minimum Gasteiger partial charge on any atom is -0.376 e. The smallest absolute Gasteiger partial charge is 0.307 e. The van der Waals surface area contributed by atoms with Gasteiger partial charge in [-0.1, -0.05) is 11.3 Å². The van der Waals surface area contributed by atoms with E-state index in [1.807, 2.05) is 13.8 Å². The molecule has 2 heterocycles. The predicted octanol–water partition coefficient (Wildman–Crippen LogP) is 0.668. The maximum absolute atomic E-state index is 12.2. The van der Waals surface area contributed by atoms with Gasteiger partial charge in [-0.25, -0.2) is 0 Å². The number of carbonyl (C=O) groups is 1. The molecule has 0 bridgehead atoms. The van der Waals surface area contributed by atoms with Gasteiger partial charge in [-0.3, -0.25) is 9.59 Å². The molecule has 1 aliphatic rings. The number of hydrogen-bond acceptors (Lipinski definition) is 5. The summed E-state index contributed by atoms with van der Waals surface area (Å²) in [6, 6.07) is 1.56. The van der Waals surface area contributed by atoms with E-state index < -0.39 is 6.04 Å². The van der Waals surface area contributed by atoms with Crippen LogP contribution in [0.2, 0.25) is 0 Å². The van der Waals surface area contributed by atoms with Crippen molar-refractivity contribution in [3.8, 4) is 6.07 Å². The quantitative estimate of drug-likeness (QED) is 0.821. The van der Waals surface area contributed by atoms with Crippen LogP contribution in [0.5, 0.6) is 0 Å². The molecule has 1 aromatic rings. The van der Waals surface area contributed by atoms with Crippen LogP contribution in [0.3, 0.4) is 0 Å². The maximum Gasteiger partial charge on any atom is 0.307 e. The number of aromatic nitrogens is 1. The van der Waals surface area contributed by atoms with Gasteiger partial charge in [0, 0.05) is 30.1 Å². The molecular weight excluding hydrogens is 278 g/mol. The van der Waals surface area contributed by atoms with Gasteiger partial charge in [0.25, 0.3) is 0 Å². The average Bonchev–Trinajstić information content (AvgIpc) is 2.70. The fourth-order valence-electron chi connectivity index (χ4n) is 2.21. The first-order valence-corrected chi connectivity index (χ1v) is 7.30. The molecule has 0 N–H and O–H groups in total. The monoisotopic (exact) mass is 295 g/mol. The van der Waals surface area contributed by atoms with Crippen LogP contribution in [-0.2, 0) is 16.1 Å². The number of hydrogen-bond donors (Lipinski definition) is 0. The minimum atomic E-state index is -0.515. The molecule has 0 saturated carbocycles. The number of thiazole rings is 1. The minimum absolute atomic E-state index is 0.0355. The van der Waals surface area contributed by atoms with E-state index in [1.54, 1.807) is 9.47 Å². The van der Waals surface area contributed by atoms with Crippen molar-refractivity contribution in [2.75, 3.05) is 19.8 Å².